The zero-order chi connectivity index (χ0) is 15.4. The summed E-state index contributed by atoms with van der Waals surface area (Å²) in [4.78, 5) is 36.8. The van der Waals surface area contributed by atoms with Crippen LogP contribution in [0.3, 0.4) is 0 Å². The average molecular weight is 293 g/mol. The minimum Gasteiger partial charge on any atom is -0.466 e. The number of esters is 1. The lowest BCUT2D eigenvalue weighted by Crippen LogP contribution is -2.36. The van der Waals surface area contributed by atoms with E-state index in [0.29, 0.717) is 13.2 Å². The summed E-state index contributed by atoms with van der Waals surface area (Å²) in [6, 6.07) is 2.90. The van der Waals surface area contributed by atoms with Crippen molar-refractivity contribution < 1.29 is 14.3 Å². The molecular formula is C14H19N3O4. The molecule has 1 aromatic rings. The van der Waals surface area contributed by atoms with E-state index in [4.69, 9.17) is 4.74 Å². The Hall–Kier alpha value is -2.18. The number of ether oxygens (including phenoxy) is 1. The Balaban J connectivity index is 2.06. The third kappa shape index (κ3) is 3.90. The van der Waals surface area contributed by atoms with Crippen LogP contribution in [0.15, 0.2) is 16.9 Å². The van der Waals surface area contributed by atoms with Gasteiger partial charge in [-0.15, -0.1) is 0 Å². The van der Waals surface area contributed by atoms with Crippen molar-refractivity contribution in [3.8, 4) is 0 Å². The predicted molar refractivity (Wildman–Crippen MR) is 74.8 cm³/mol. The number of aromatic nitrogens is 2. The van der Waals surface area contributed by atoms with E-state index in [0.717, 1.165) is 17.5 Å². The summed E-state index contributed by atoms with van der Waals surface area (Å²) in [6.45, 7) is 2.39. The first kappa shape index (κ1) is 15.2. The van der Waals surface area contributed by atoms with Gasteiger partial charge in [0.15, 0.2) is 0 Å². The van der Waals surface area contributed by atoms with Gasteiger partial charge >= 0.3 is 5.97 Å². The minimum absolute atomic E-state index is 0.158. The normalized spacial score (nSPS) is 13.8. The molecule has 7 heteroatoms. The average Bonchev–Trinajstić information content (AvgIpc) is 3.27. The maximum atomic E-state index is 12.5. The summed E-state index contributed by atoms with van der Waals surface area (Å²) in [5.41, 5.74) is -0.0519. The second-order valence-corrected chi connectivity index (χ2v) is 4.97. The lowest BCUT2D eigenvalue weighted by atomic mass is 10.3. The summed E-state index contributed by atoms with van der Waals surface area (Å²) in [5.74, 6) is -0.568. The molecule has 7 nitrogen and oxygen atoms in total. The van der Waals surface area contributed by atoms with E-state index in [1.807, 2.05) is 0 Å². The Bertz CT molecular complexity index is 592. The van der Waals surface area contributed by atoms with E-state index in [-0.39, 0.29) is 35.6 Å². The van der Waals surface area contributed by atoms with Gasteiger partial charge < -0.3 is 9.64 Å². The molecule has 0 spiro atoms. The van der Waals surface area contributed by atoms with Gasteiger partial charge in [0.1, 0.15) is 5.69 Å². The van der Waals surface area contributed by atoms with Gasteiger partial charge in [0.05, 0.1) is 13.0 Å². The van der Waals surface area contributed by atoms with Gasteiger partial charge in [0, 0.05) is 25.7 Å². The van der Waals surface area contributed by atoms with Gasteiger partial charge in [-0.3, -0.25) is 14.4 Å². The Kier molecular flexibility index (Phi) is 4.72. The van der Waals surface area contributed by atoms with Gasteiger partial charge in [0.25, 0.3) is 11.5 Å². The van der Waals surface area contributed by atoms with E-state index < -0.39 is 0 Å². The molecule has 0 bridgehead atoms. The second-order valence-electron chi connectivity index (χ2n) is 4.97. The minimum atomic E-state index is -0.315. The number of carbonyl (C=O) groups is 2. The van der Waals surface area contributed by atoms with E-state index >= 15 is 0 Å². The van der Waals surface area contributed by atoms with Crippen LogP contribution >= 0.6 is 0 Å². The predicted octanol–water partition coefficient (Wildman–Crippen LogP) is 0.338. The van der Waals surface area contributed by atoms with Crippen molar-refractivity contribution in [2.24, 2.45) is 7.05 Å². The van der Waals surface area contributed by atoms with Crippen LogP contribution in [0.25, 0.3) is 0 Å². The van der Waals surface area contributed by atoms with Crippen molar-refractivity contribution in [1.82, 2.24) is 14.7 Å². The maximum absolute atomic E-state index is 12.5. The van der Waals surface area contributed by atoms with Crippen LogP contribution in [-0.2, 0) is 16.6 Å². The first-order chi connectivity index (χ1) is 10.0. The lowest BCUT2D eigenvalue weighted by molar-refractivity contribution is -0.143. The Labute approximate surface area is 122 Å². The number of aryl methyl sites for hydroxylation is 1. The fourth-order valence-electron chi connectivity index (χ4n) is 2.04. The highest BCUT2D eigenvalue weighted by molar-refractivity contribution is 5.92. The molecule has 2 rings (SSSR count). The number of hydrogen-bond donors (Lipinski definition) is 0. The molecule has 1 aliphatic carbocycles. The topological polar surface area (TPSA) is 81.5 Å². The largest absolute Gasteiger partial charge is 0.466 e. The smallest absolute Gasteiger partial charge is 0.307 e. The summed E-state index contributed by atoms with van der Waals surface area (Å²) >= 11 is 0. The van der Waals surface area contributed by atoms with Crippen molar-refractivity contribution in [3.05, 3.63) is 28.2 Å². The molecule has 0 aromatic carbocycles. The van der Waals surface area contributed by atoms with Crippen molar-refractivity contribution in [1.29, 1.82) is 0 Å². The molecule has 1 aliphatic rings. The van der Waals surface area contributed by atoms with Crippen LogP contribution < -0.4 is 5.56 Å². The molecule has 21 heavy (non-hydrogen) atoms. The standard InChI is InChI=1S/C14H19N3O4/c1-3-21-13(19)8-9-17(10-4-5-10)14(20)11-6-7-12(18)16(2)15-11/h6-7,10H,3-5,8-9H2,1-2H3. The summed E-state index contributed by atoms with van der Waals surface area (Å²) in [5, 5.41) is 3.96. The van der Waals surface area contributed by atoms with Crippen LogP contribution in [0, 0.1) is 0 Å². The van der Waals surface area contributed by atoms with E-state index in [1.165, 1.54) is 19.2 Å². The highest BCUT2D eigenvalue weighted by atomic mass is 16.5. The summed E-state index contributed by atoms with van der Waals surface area (Å²) in [6.07, 6.45) is 2.03. The number of nitrogens with zero attached hydrogens (tertiary/aromatic N) is 3. The van der Waals surface area contributed by atoms with Crippen LogP contribution in [0.2, 0.25) is 0 Å². The molecule has 1 heterocycles. The lowest BCUT2D eigenvalue weighted by Gasteiger charge is -2.21. The second kappa shape index (κ2) is 6.51. The molecule has 0 radical (unpaired) electrons. The van der Waals surface area contributed by atoms with E-state index in [2.05, 4.69) is 5.10 Å². The van der Waals surface area contributed by atoms with E-state index in [9.17, 15) is 14.4 Å². The molecule has 1 amide bonds. The molecule has 1 aromatic heterocycles. The van der Waals surface area contributed by atoms with Gasteiger partial charge in [-0.25, -0.2) is 4.68 Å². The summed E-state index contributed by atoms with van der Waals surface area (Å²) in [7, 11) is 1.50. The van der Waals surface area contributed by atoms with Gasteiger partial charge in [-0.1, -0.05) is 0 Å². The van der Waals surface area contributed by atoms with Crippen LogP contribution in [0.1, 0.15) is 36.7 Å². The van der Waals surface area contributed by atoms with Crippen LogP contribution in [0.4, 0.5) is 0 Å². The number of carbonyl (C=O) groups excluding carboxylic acids is 2. The third-order valence-corrected chi connectivity index (χ3v) is 3.29. The monoisotopic (exact) mass is 293 g/mol. The molecule has 1 saturated carbocycles. The number of hydrogen-bond acceptors (Lipinski definition) is 5. The maximum Gasteiger partial charge on any atom is 0.307 e. The molecule has 0 unspecified atom stereocenters. The molecule has 0 saturated heterocycles. The number of amides is 1. The van der Waals surface area contributed by atoms with Gasteiger partial charge in [-0.2, -0.15) is 5.10 Å². The molecule has 0 N–H and O–H groups in total. The quantitative estimate of drug-likeness (QED) is 0.706. The third-order valence-electron chi connectivity index (χ3n) is 3.29. The van der Waals surface area contributed by atoms with Gasteiger partial charge in [0.2, 0.25) is 0 Å². The molecule has 0 aliphatic heterocycles. The highest BCUT2D eigenvalue weighted by Gasteiger charge is 2.34. The zero-order valence-corrected chi connectivity index (χ0v) is 12.2. The molecular weight excluding hydrogens is 274 g/mol. The van der Waals surface area contributed by atoms with Crippen LogP contribution in [-0.4, -0.2) is 45.8 Å². The van der Waals surface area contributed by atoms with Crippen molar-refractivity contribution in [2.75, 3.05) is 13.2 Å². The zero-order valence-electron chi connectivity index (χ0n) is 12.2. The first-order valence-electron chi connectivity index (χ1n) is 7.04. The van der Waals surface area contributed by atoms with Crippen molar-refractivity contribution in [2.45, 2.75) is 32.2 Å². The Morgan fingerprint density at radius 2 is 2.14 bits per heavy atom. The number of rotatable bonds is 6. The van der Waals surface area contributed by atoms with Crippen LogP contribution in [0.5, 0.6) is 0 Å². The van der Waals surface area contributed by atoms with E-state index in [1.54, 1.807) is 11.8 Å². The van der Waals surface area contributed by atoms with Crippen molar-refractivity contribution in [3.63, 3.8) is 0 Å². The Morgan fingerprint density at radius 1 is 1.43 bits per heavy atom. The fourth-order valence-corrected chi connectivity index (χ4v) is 2.04. The Morgan fingerprint density at radius 3 is 2.71 bits per heavy atom. The molecule has 1 fully saturated rings. The summed E-state index contributed by atoms with van der Waals surface area (Å²) < 4.78 is 6.00. The SMILES string of the molecule is CCOC(=O)CCN(C(=O)c1ccc(=O)n(C)n1)C1CC1. The van der Waals surface area contributed by atoms with Crippen molar-refractivity contribution >= 4 is 11.9 Å². The first-order valence-corrected chi connectivity index (χ1v) is 7.04. The molecule has 0 atom stereocenters. The van der Waals surface area contributed by atoms with Gasteiger partial charge in [-0.05, 0) is 25.8 Å². The molecule has 114 valence electrons. The highest BCUT2D eigenvalue weighted by Crippen LogP contribution is 2.28. The fraction of sp³-hybridized carbons (Fsp3) is 0.571.